The molecule has 0 saturated carbocycles. The van der Waals surface area contributed by atoms with Gasteiger partial charge in [-0.15, -0.1) is 0 Å². The summed E-state index contributed by atoms with van der Waals surface area (Å²) >= 11 is 0. The van der Waals surface area contributed by atoms with Gasteiger partial charge in [-0.2, -0.15) is 0 Å². The van der Waals surface area contributed by atoms with E-state index in [1.165, 1.54) is 18.2 Å². The largest absolute Gasteiger partial charge is 0.507 e. The number of aliphatic hydroxyl groups excluding tert-OH is 4. The maximum absolute atomic E-state index is 12.8. The van der Waals surface area contributed by atoms with Crippen molar-refractivity contribution < 1.29 is 55.1 Å². The molecule has 2 aromatic rings. The molecule has 0 bridgehead atoms. The zero-order valence-corrected chi connectivity index (χ0v) is 16.5. The van der Waals surface area contributed by atoms with Gasteiger partial charge in [0.15, 0.2) is 17.3 Å². The van der Waals surface area contributed by atoms with Crippen LogP contribution >= 0.6 is 0 Å². The summed E-state index contributed by atoms with van der Waals surface area (Å²) in [5.41, 5.74) is -0.316. The van der Waals surface area contributed by atoms with Crippen LogP contribution in [0.25, 0.3) is 0 Å². The van der Waals surface area contributed by atoms with Gasteiger partial charge in [0.2, 0.25) is 0 Å². The maximum Gasteiger partial charge on any atom is 0.174 e. The number of rotatable bonds is 3. The van der Waals surface area contributed by atoms with E-state index < -0.39 is 71.8 Å². The normalized spacial score (nSPS) is 29.9. The van der Waals surface area contributed by atoms with Crippen LogP contribution in [-0.2, 0) is 4.74 Å². The van der Waals surface area contributed by atoms with E-state index in [0.717, 1.165) is 6.07 Å². The number of aromatic hydroxyl groups is 4. The van der Waals surface area contributed by atoms with E-state index in [2.05, 4.69) is 0 Å². The first kappa shape index (κ1) is 22.1. The number of ether oxygens (including phenoxy) is 2. The molecule has 2 aliphatic heterocycles. The van der Waals surface area contributed by atoms with E-state index in [0.29, 0.717) is 5.56 Å². The summed E-state index contributed by atoms with van der Waals surface area (Å²) in [6, 6.07) is 4.93. The van der Waals surface area contributed by atoms with E-state index in [9.17, 15) is 45.6 Å². The molecule has 0 spiro atoms. The molecule has 0 aromatic heterocycles. The third-order valence-corrected chi connectivity index (χ3v) is 5.75. The van der Waals surface area contributed by atoms with Crippen LogP contribution in [0.3, 0.4) is 0 Å². The van der Waals surface area contributed by atoms with Crippen molar-refractivity contribution in [1.29, 1.82) is 0 Å². The van der Waals surface area contributed by atoms with Gasteiger partial charge in [0.05, 0.1) is 18.6 Å². The van der Waals surface area contributed by atoms with Crippen LogP contribution in [-0.4, -0.2) is 77.7 Å². The number of hydrogen-bond acceptors (Lipinski definition) is 11. The zero-order chi connectivity index (χ0) is 23.3. The van der Waals surface area contributed by atoms with Crippen molar-refractivity contribution in [2.75, 3.05) is 6.61 Å². The summed E-state index contributed by atoms with van der Waals surface area (Å²) in [4.78, 5) is 12.8. The van der Waals surface area contributed by atoms with Crippen LogP contribution in [0.15, 0.2) is 24.3 Å². The number of benzene rings is 2. The average Bonchev–Trinajstić information content (AvgIpc) is 2.74. The first-order valence-electron chi connectivity index (χ1n) is 9.75. The lowest BCUT2D eigenvalue weighted by Crippen LogP contribution is -2.55. The van der Waals surface area contributed by atoms with Crippen molar-refractivity contribution in [3.63, 3.8) is 0 Å². The molecule has 0 amide bonds. The fourth-order valence-corrected chi connectivity index (χ4v) is 4.02. The highest BCUT2D eigenvalue weighted by Crippen LogP contribution is 2.49. The van der Waals surface area contributed by atoms with Gasteiger partial charge < -0.3 is 50.3 Å². The Kier molecular flexibility index (Phi) is 5.61. The van der Waals surface area contributed by atoms with Crippen LogP contribution < -0.4 is 4.74 Å². The SMILES string of the molecule is O=C1CC(c2ccc(O)c(O)c2)Oc2cc(O)c([C@@H]3O[C@H](CO)[C@@H](O)[C@H](O)[C@H]3O)c(O)c21. The van der Waals surface area contributed by atoms with Crippen molar-refractivity contribution in [1.82, 2.24) is 0 Å². The summed E-state index contributed by atoms with van der Waals surface area (Å²) in [5, 5.41) is 80.1. The van der Waals surface area contributed by atoms with E-state index in [1.807, 2.05) is 0 Å². The molecule has 1 saturated heterocycles. The fraction of sp³-hybridized carbons (Fsp3) is 0.381. The summed E-state index contributed by atoms with van der Waals surface area (Å²) in [6.07, 6.45) is -9.14. The summed E-state index contributed by atoms with van der Waals surface area (Å²) in [5.74, 6) is -2.85. The number of aliphatic hydroxyl groups is 4. The number of fused-ring (bicyclic) bond motifs is 1. The Bertz CT molecular complexity index is 1050. The quantitative estimate of drug-likeness (QED) is 0.287. The van der Waals surface area contributed by atoms with E-state index in [1.54, 1.807) is 0 Å². The lowest BCUT2D eigenvalue weighted by Gasteiger charge is -2.40. The Hall–Kier alpha value is -3.09. The van der Waals surface area contributed by atoms with E-state index >= 15 is 0 Å². The number of Topliss-reactive ketones (excluding diaryl/α,β-unsaturated/α-hetero) is 1. The van der Waals surface area contributed by atoms with Crippen LogP contribution in [0, 0.1) is 0 Å². The van der Waals surface area contributed by atoms with E-state index in [-0.39, 0.29) is 23.5 Å². The Balaban J connectivity index is 1.72. The fourth-order valence-electron chi connectivity index (χ4n) is 4.02. The second kappa shape index (κ2) is 8.11. The predicted molar refractivity (Wildman–Crippen MR) is 105 cm³/mol. The second-order valence-corrected chi connectivity index (χ2v) is 7.76. The third-order valence-electron chi connectivity index (χ3n) is 5.75. The van der Waals surface area contributed by atoms with Crippen molar-refractivity contribution in [2.24, 2.45) is 0 Å². The van der Waals surface area contributed by atoms with Gasteiger partial charge in [-0.05, 0) is 17.7 Å². The standard InChI is InChI=1S/C21H22O11/c22-6-14-17(27)19(29)20(30)21(32-14)16-11(26)5-13-15(18(16)28)10(25)4-12(31-13)7-1-2-8(23)9(24)3-7/h1-3,5,12,14,17,19-24,26-30H,4,6H2/t12?,14-,17-,19+,20-,21+/m1/s1. The summed E-state index contributed by atoms with van der Waals surface area (Å²) in [7, 11) is 0. The molecular weight excluding hydrogens is 428 g/mol. The molecule has 11 heteroatoms. The molecule has 0 radical (unpaired) electrons. The minimum atomic E-state index is -1.78. The Morgan fingerprint density at radius 2 is 1.62 bits per heavy atom. The predicted octanol–water partition coefficient (Wildman–Crippen LogP) is -0.270. The topological polar surface area (TPSA) is 197 Å². The molecule has 2 aliphatic rings. The van der Waals surface area contributed by atoms with Gasteiger partial charge >= 0.3 is 0 Å². The Morgan fingerprint density at radius 3 is 2.28 bits per heavy atom. The van der Waals surface area contributed by atoms with Crippen LogP contribution in [0.4, 0.5) is 0 Å². The summed E-state index contributed by atoms with van der Waals surface area (Å²) < 4.78 is 11.1. The first-order valence-corrected chi connectivity index (χ1v) is 9.75. The van der Waals surface area contributed by atoms with Crippen molar-refractivity contribution >= 4 is 5.78 Å². The number of carbonyl (C=O) groups excluding carboxylic acids is 1. The first-order chi connectivity index (χ1) is 15.1. The molecule has 2 aromatic carbocycles. The van der Waals surface area contributed by atoms with Crippen LogP contribution in [0.2, 0.25) is 0 Å². The van der Waals surface area contributed by atoms with Gasteiger partial charge in [-0.3, -0.25) is 4.79 Å². The van der Waals surface area contributed by atoms with Gasteiger partial charge in [-0.25, -0.2) is 0 Å². The highest BCUT2D eigenvalue weighted by molar-refractivity contribution is 6.03. The molecule has 0 aliphatic carbocycles. The minimum Gasteiger partial charge on any atom is -0.507 e. The number of phenols is 4. The Morgan fingerprint density at radius 1 is 0.906 bits per heavy atom. The van der Waals surface area contributed by atoms with Crippen molar-refractivity contribution in [2.45, 2.75) is 43.0 Å². The highest BCUT2D eigenvalue weighted by Gasteiger charge is 2.47. The molecule has 1 fully saturated rings. The lowest BCUT2D eigenvalue weighted by molar-refractivity contribution is -0.232. The molecule has 11 nitrogen and oxygen atoms in total. The number of carbonyl (C=O) groups is 1. The highest BCUT2D eigenvalue weighted by atomic mass is 16.5. The molecule has 6 atom stereocenters. The van der Waals surface area contributed by atoms with Crippen molar-refractivity contribution in [3.8, 4) is 28.7 Å². The third kappa shape index (κ3) is 3.49. The lowest BCUT2D eigenvalue weighted by atomic mass is 9.87. The van der Waals surface area contributed by atoms with Crippen molar-refractivity contribution in [3.05, 3.63) is 41.0 Å². The van der Waals surface area contributed by atoms with Crippen LogP contribution in [0.5, 0.6) is 28.7 Å². The van der Waals surface area contributed by atoms with Gasteiger partial charge in [0.1, 0.15) is 59.4 Å². The number of phenolic OH excluding ortho intramolecular Hbond substituents is 4. The van der Waals surface area contributed by atoms with Gasteiger partial charge in [0, 0.05) is 6.07 Å². The average molecular weight is 450 g/mol. The number of hydrogen-bond donors (Lipinski definition) is 8. The molecule has 32 heavy (non-hydrogen) atoms. The molecule has 2 heterocycles. The van der Waals surface area contributed by atoms with Gasteiger partial charge in [0.25, 0.3) is 0 Å². The molecule has 172 valence electrons. The number of ketones is 1. The smallest absolute Gasteiger partial charge is 0.174 e. The minimum absolute atomic E-state index is 0.165. The molecular formula is C21H22O11. The van der Waals surface area contributed by atoms with Gasteiger partial charge in [-0.1, -0.05) is 6.07 Å². The maximum atomic E-state index is 12.8. The zero-order valence-electron chi connectivity index (χ0n) is 16.5. The molecule has 4 rings (SSSR count). The second-order valence-electron chi connectivity index (χ2n) is 7.76. The Labute approximate surface area is 181 Å². The van der Waals surface area contributed by atoms with E-state index in [4.69, 9.17) is 9.47 Å². The summed E-state index contributed by atoms with van der Waals surface area (Å²) in [6.45, 7) is -0.711. The monoisotopic (exact) mass is 450 g/mol. The molecule has 1 unspecified atom stereocenters. The van der Waals surface area contributed by atoms with Crippen LogP contribution in [0.1, 0.15) is 40.1 Å². The molecule has 8 N–H and O–H groups in total.